The predicted octanol–water partition coefficient (Wildman–Crippen LogP) is 3.41. The summed E-state index contributed by atoms with van der Waals surface area (Å²) in [5.74, 6) is -0.553. The third-order valence-electron chi connectivity index (χ3n) is 3.85. The van der Waals surface area contributed by atoms with Crippen LogP contribution >= 0.6 is 15.9 Å². The van der Waals surface area contributed by atoms with E-state index >= 15 is 0 Å². The molecular formula is C17H28BrNO4. The number of amides is 1. The summed E-state index contributed by atoms with van der Waals surface area (Å²) < 4.78 is 11.8. The van der Waals surface area contributed by atoms with Gasteiger partial charge >= 0.3 is 5.97 Å². The molecule has 2 unspecified atom stereocenters. The molecule has 0 aromatic rings. The topological polar surface area (TPSA) is 55.8 Å². The highest BCUT2D eigenvalue weighted by Crippen LogP contribution is 2.33. The first-order valence-corrected chi connectivity index (χ1v) is 8.79. The van der Waals surface area contributed by atoms with Gasteiger partial charge in [0, 0.05) is 17.7 Å². The van der Waals surface area contributed by atoms with Crippen LogP contribution in [0.15, 0.2) is 10.6 Å². The Bertz CT molecular complexity index is 483. The highest BCUT2D eigenvalue weighted by molar-refractivity contribution is 9.11. The van der Waals surface area contributed by atoms with Crippen molar-refractivity contribution >= 4 is 27.8 Å². The molecule has 0 saturated heterocycles. The van der Waals surface area contributed by atoms with E-state index in [2.05, 4.69) is 22.9 Å². The Morgan fingerprint density at radius 3 is 2.57 bits per heavy atom. The van der Waals surface area contributed by atoms with Crippen molar-refractivity contribution in [1.82, 2.24) is 4.90 Å². The molecule has 0 N–H and O–H groups in total. The van der Waals surface area contributed by atoms with Gasteiger partial charge in [0.15, 0.2) is 0 Å². The summed E-state index contributed by atoms with van der Waals surface area (Å²) in [5, 5.41) is 0. The molecular weight excluding hydrogens is 362 g/mol. The molecule has 0 fully saturated rings. The minimum absolute atomic E-state index is 0.196. The van der Waals surface area contributed by atoms with E-state index in [1.54, 1.807) is 12.0 Å². The smallest absolute Gasteiger partial charge is 0.329 e. The number of hydrogen-bond donors (Lipinski definition) is 0. The fraction of sp³-hybridized carbons (Fsp3) is 0.765. The molecule has 1 amide bonds. The van der Waals surface area contributed by atoms with Crippen LogP contribution in [0.2, 0.25) is 0 Å². The van der Waals surface area contributed by atoms with Crippen LogP contribution in [0.25, 0.3) is 0 Å². The van der Waals surface area contributed by atoms with E-state index in [1.165, 1.54) is 6.08 Å². The molecule has 132 valence electrons. The van der Waals surface area contributed by atoms with Gasteiger partial charge in [0.2, 0.25) is 5.91 Å². The first kappa shape index (κ1) is 20.2. The van der Waals surface area contributed by atoms with E-state index in [-0.39, 0.29) is 11.9 Å². The van der Waals surface area contributed by atoms with Crippen molar-refractivity contribution in [3.8, 4) is 0 Å². The van der Waals surface area contributed by atoms with Crippen LogP contribution in [0, 0.1) is 0 Å². The van der Waals surface area contributed by atoms with Crippen LogP contribution in [0.1, 0.15) is 53.9 Å². The second-order valence-electron chi connectivity index (χ2n) is 7.08. The molecule has 1 rings (SSSR count). The van der Waals surface area contributed by atoms with Gasteiger partial charge in [-0.25, -0.2) is 4.79 Å². The Kier molecular flexibility index (Phi) is 6.83. The standard InChI is InChI=1S/C17H28BrNO4/c1-7-8-9-12(15(21)23-16(2,3)4)19-11-17(5,22-6)13(18)10-14(19)20/h10,12H,7-9,11H2,1-6H3. The normalized spacial score (nSPS) is 23.5. The maximum atomic E-state index is 12.6. The lowest BCUT2D eigenvalue weighted by molar-refractivity contribution is -0.166. The molecule has 2 atom stereocenters. The molecule has 0 spiro atoms. The fourth-order valence-electron chi connectivity index (χ4n) is 2.42. The van der Waals surface area contributed by atoms with E-state index in [9.17, 15) is 9.59 Å². The number of nitrogens with zero attached hydrogens (tertiary/aromatic N) is 1. The van der Waals surface area contributed by atoms with Crippen molar-refractivity contribution in [2.75, 3.05) is 13.7 Å². The fourth-order valence-corrected chi connectivity index (χ4v) is 2.90. The van der Waals surface area contributed by atoms with Crippen LogP contribution in [0.5, 0.6) is 0 Å². The highest BCUT2D eigenvalue weighted by atomic mass is 79.9. The van der Waals surface area contributed by atoms with Gasteiger partial charge in [-0.3, -0.25) is 4.79 Å². The summed E-state index contributed by atoms with van der Waals surface area (Å²) in [5.41, 5.74) is -1.23. The van der Waals surface area contributed by atoms with Gasteiger partial charge in [0.25, 0.3) is 0 Å². The lowest BCUT2D eigenvalue weighted by Crippen LogP contribution is -2.55. The minimum Gasteiger partial charge on any atom is -0.458 e. The lowest BCUT2D eigenvalue weighted by atomic mass is 9.97. The number of ether oxygens (including phenoxy) is 2. The summed E-state index contributed by atoms with van der Waals surface area (Å²) in [7, 11) is 1.59. The van der Waals surface area contributed by atoms with Crippen molar-refractivity contribution in [3.63, 3.8) is 0 Å². The van der Waals surface area contributed by atoms with Gasteiger partial charge < -0.3 is 14.4 Å². The van der Waals surface area contributed by atoms with Crippen LogP contribution in [0.3, 0.4) is 0 Å². The SMILES string of the molecule is CCCCC(C(=O)OC(C)(C)C)N1CC(C)(OC)C(Br)=CC1=O. The summed E-state index contributed by atoms with van der Waals surface area (Å²) in [4.78, 5) is 26.6. The third kappa shape index (κ3) is 5.31. The van der Waals surface area contributed by atoms with Gasteiger partial charge in [-0.15, -0.1) is 0 Å². The first-order chi connectivity index (χ1) is 10.5. The van der Waals surface area contributed by atoms with E-state index in [1.807, 2.05) is 27.7 Å². The summed E-state index contributed by atoms with van der Waals surface area (Å²) >= 11 is 3.40. The first-order valence-electron chi connectivity index (χ1n) is 8.00. The quantitative estimate of drug-likeness (QED) is 0.653. The molecule has 1 aliphatic heterocycles. The van der Waals surface area contributed by atoms with E-state index in [0.717, 1.165) is 12.8 Å². The van der Waals surface area contributed by atoms with E-state index in [0.29, 0.717) is 17.4 Å². The monoisotopic (exact) mass is 389 g/mol. The molecule has 5 nitrogen and oxygen atoms in total. The van der Waals surface area contributed by atoms with Crippen LogP contribution in [-0.4, -0.2) is 47.7 Å². The maximum absolute atomic E-state index is 12.6. The van der Waals surface area contributed by atoms with Crippen LogP contribution in [0.4, 0.5) is 0 Å². The zero-order valence-corrected chi connectivity index (χ0v) is 16.5. The van der Waals surface area contributed by atoms with Gasteiger partial charge in [-0.05, 0) is 34.1 Å². The van der Waals surface area contributed by atoms with Crippen molar-refractivity contribution in [2.24, 2.45) is 0 Å². The van der Waals surface area contributed by atoms with Crippen molar-refractivity contribution in [1.29, 1.82) is 0 Å². The summed E-state index contributed by atoms with van der Waals surface area (Å²) in [6.07, 6.45) is 3.86. The molecule has 6 heteroatoms. The number of rotatable bonds is 6. The number of methoxy groups -OCH3 is 1. The molecule has 0 aromatic heterocycles. The molecule has 0 bridgehead atoms. The largest absolute Gasteiger partial charge is 0.458 e. The number of halogens is 1. The Labute approximate surface area is 147 Å². The second-order valence-corrected chi connectivity index (χ2v) is 7.94. The zero-order valence-electron chi connectivity index (χ0n) is 14.9. The Morgan fingerprint density at radius 1 is 1.48 bits per heavy atom. The Balaban J connectivity index is 3.07. The van der Waals surface area contributed by atoms with Gasteiger partial charge in [0.05, 0.1) is 6.54 Å². The number of unbranched alkanes of at least 4 members (excludes halogenated alkanes) is 1. The molecule has 1 aliphatic rings. The molecule has 0 aliphatic carbocycles. The van der Waals surface area contributed by atoms with Crippen LogP contribution in [-0.2, 0) is 19.1 Å². The maximum Gasteiger partial charge on any atom is 0.329 e. The Hall–Kier alpha value is -0.880. The van der Waals surface area contributed by atoms with E-state index < -0.39 is 17.2 Å². The lowest BCUT2D eigenvalue weighted by Gasteiger charge is -2.41. The molecule has 0 radical (unpaired) electrons. The second kappa shape index (κ2) is 7.79. The summed E-state index contributed by atoms with van der Waals surface area (Å²) in [6.45, 7) is 9.74. The predicted molar refractivity (Wildman–Crippen MR) is 93.3 cm³/mol. The number of carbonyl (C=O) groups is 2. The minimum atomic E-state index is -0.652. The summed E-state index contributed by atoms with van der Waals surface area (Å²) in [6, 6.07) is -0.590. The Morgan fingerprint density at radius 2 is 2.09 bits per heavy atom. The van der Waals surface area contributed by atoms with E-state index in [4.69, 9.17) is 9.47 Å². The third-order valence-corrected chi connectivity index (χ3v) is 4.91. The number of esters is 1. The van der Waals surface area contributed by atoms with Crippen LogP contribution < -0.4 is 0 Å². The molecule has 23 heavy (non-hydrogen) atoms. The van der Waals surface area contributed by atoms with Gasteiger partial charge in [0.1, 0.15) is 17.2 Å². The van der Waals surface area contributed by atoms with Crippen molar-refractivity contribution < 1.29 is 19.1 Å². The number of hydrogen-bond acceptors (Lipinski definition) is 4. The van der Waals surface area contributed by atoms with Crippen molar-refractivity contribution in [3.05, 3.63) is 10.6 Å². The van der Waals surface area contributed by atoms with Gasteiger partial charge in [-0.2, -0.15) is 0 Å². The zero-order chi connectivity index (χ0) is 17.8. The average Bonchev–Trinajstić information content (AvgIpc) is 2.42. The highest BCUT2D eigenvalue weighted by Gasteiger charge is 2.42. The molecule has 0 aromatic carbocycles. The van der Waals surface area contributed by atoms with Gasteiger partial charge in [-0.1, -0.05) is 35.7 Å². The average molecular weight is 390 g/mol. The molecule has 1 heterocycles. The van der Waals surface area contributed by atoms with Crippen molar-refractivity contribution in [2.45, 2.75) is 71.1 Å². The molecule has 0 saturated carbocycles. The number of carbonyl (C=O) groups excluding carboxylic acids is 2.